The molecule has 23 heavy (non-hydrogen) atoms. The lowest BCUT2D eigenvalue weighted by Crippen LogP contribution is -2.10. The second kappa shape index (κ2) is 5.75. The average molecular weight is 380 g/mol. The fraction of sp³-hybridized carbons (Fsp3) is 0.273. The van der Waals surface area contributed by atoms with Gasteiger partial charge in [-0.3, -0.25) is 0 Å². The SMILES string of the molecule is COc1nn(-c2c(Cl)cc(C(F)(F)F)cc2Cl)nc1C(F)(F)F. The Labute approximate surface area is 134 Å². The van der Waals surface area contributed by atoms with Gasteiger partial charge in [-0.1, -0.05) is 23.2 Å². The summed E-state index contributed by atoms with van der Waals surface area (Å²) in [7, 11) is 0.930. The van der Waals surface area contributed by atoms with Gasteiger partial charge < -0.3 is 4.74 Å². The number of halogens is 8. The van der Waals surface area contributed by atoms with Crippen LogP contribution in [0.3, 0.4) is 0 Å². The highest BCUT2D eigenvalue weighted by Gasteiger charge is 2.40. The lowest BCUT2D eigenvalue weighted by Gasteiger charge is -2.11. The number of ether oxygens (including phenoxy) is 1. The zero-order valence-corrected chi connectivity index (χ0v) is 12.4. The van der Waals surface area contributed by atoms with Crippen molar-refractivity contribution in [2.45, 2.75) is 12.4 Å². The van der Waals surface area contributed by atoms with E-state index < -0.39 is 45.2 Å². The van der Waals surface area contributed by atoms with Crippen LogP contribution in [0.5, 0.6) is 5.88 Å². The minimum Gasteiger partial charge on any atom is -0.478 e. The fourth-order valence-corrected chi connectivity index (χ4v) is 2.27. The molecule has 0 atom stereocenters. The summed E-state index contributed by atoms with van der Waals surface area (Å²) in [5, 5.41) is 5.39. The van der Waals surface area contributed by atoms with Gasteiger partial charge in [-0.2, -0.15) is 26.3 Å². The van der Waals surface area contributed by atoms with E-state index in [4.69, 9.17) is 23.2 Å². The monoisotopic (exact) mass is 379 g/mol. The van der Waals surface area contributed by atoms with Crippen LogP contribution in [0.1, 0.15) is 11.3 Å². The van der Waals surface area contributed by atoms with E-state index in [0.717, 1.165) is 7.11 Å². The summed E-state index contributed by atoms with van der Waals surface area (Å²) in [5.41, 5.74) is -3.06. The Morgan fingerprint density at radius 3 is 1.83 bits per heavy atom. The Kier molecular flexibility index (Phi) is 4.42. The lowest BCUT2D eigenvalue weighted by molar-refractivity contribution is -0.142. The van der Waals surface area contributed by atoms with Gasteiger partial charge in [-0.05, 0) is 12.1 Å². The fourth-order valence-electron chi connectivity index (χ4n) is 1.63. The smallest absolute Gasteiger partial charge is 0.440 e. The van der Waals surface area contributed by atoms with Crippen molar-refractivity contribution < 1.29 is 31.1 Å². The summed E-state index contributed by atoms with van der Waals surface area (Å²) >= 11 is 11.4. The molecule has 0 aliphatic heterocycles. The van der Waals surface area contributed by atoms with Crippen molar-refractivity contribution >= 4 is 23.2 Å². The average Bonchev–Trinajstić information content (AvgIpc) is 2.80. The van der Waals surface area contributed by atoms with Gasteiger partial charge in [-0.25, -0.2) is 0 Å². The second-order valence-corrected chi connectivity index (χ2v) is 4.95. The first-order valence-corrected chi connectivity index (χ1v) is 6.36. The highest BCUT2D eigenvalue weighted by molar-refractivity contribution is 6.37. The molecule has 0 aliphatic rings. The first-order valence-electron chi connectivity index (χ1n) is 5.60. The third-order valence-corrected chi connectivity index (χ3v) is 3.17. The molecule has 0 bridgehead atoms. The Morgan fingerprint density at radius 2 is 1.48 bits per heavy atom. The molecule has 0 spiro atoms. The van der Waals surface area contributed by atoms with Crippen molar-refractivity contribution in [3.8, 4) is 11.6 Å². The van der Waals surface area contributed by atoms with Gasteiger partial charge in [0.15, 0.2) is 0 Å². The number of alkyl halides is 6. The standard InChI is InChI=1S/C11H5Cl2F6N3O/c1-23-9-8(11(17,18)19)20-22(21-9)7-5(12)2-4(3-6(7)13)10(14,15)16/h2-3H,1H3. The zero-order valence-electron chi connectivity index (χ0n) is 10.9. The normalized spacial score (nSPS) is 12.6. The van der Waals surface area contributed by atoms with Crippen molar-refractivity contribution in [2.24, 2.45) is 0 Å². The largest absolute Gasteiger partial charge is 0.478 e. The van der Waals surface area contributed by atoms with Crippen molar-refractivity contribution in [3.63, 3.8) is 0 Å². The molecular weight excluding hydrogens is 375 g/mol. The number of nitrogens with zero attached hydrogens (tertiary/aromatic N) is 3. The molecule has 1 aromatic carbocycles. The van der Waals surface area contributed by atoms with Gasteiger partial charge in [0.05, 0.1) is 22.7 Å². The first-order chi connectivity index (χ1) is 10.4. The van der Waals surface area contributed by atoms with Gasteiger partial charge in [0, 0.05) is 0 Å². The lowest BCUT2D eigenvalue weighted by atomic mass is 10.2. The molecule has 0 radical (unpaired) electrons. The maximum absolute atomic E-state index is 12.8. The van der Waals surface area contributed by atoms with E-state index in [1.54, 1.807) is 0 Å². The summed E-state index contributed by atoms with van der Waals surface area (Å²) in [5.74, 6) is -0.871. The predicted molar refractivity (Wildman–Crippen MR) is 67.9 cm³/mol. The summed E-state index contributed by atoms with van der Waals surface area (Å²) < 4.78 is 80.7. The second-order valence-electron chi connectivity index (χ2n) is 4.13. The number of hydrogen-bond acceptors (Lipinski definition) is 3. The van der Waals surface area contributed by atoms with E-state index >= 15 is 0 Å². The van der Waals surface area contributed by atoms with E-state index in [1.165, 1.54) is 0 Å². The molecule has 1 aromatic heterocycles. The van der Waals surface area contributed by atoms with Gasteiger partial charge >= 0.3 is 12.4 Å². The van der Waals surface area contributed by atoms with E-state index in [1.807, 2.05) is 0 Å². The van der Waals surface area contributed by atoms with Crippen LogP contribution < -0.4 is 4.74 Å². The number of methoxy groups -OCH3 is 1. The minimum atomic E-state index is -4.88. The van der Waals surface area contributed by atoms with E-state index in [-0.39, 0.29) is 0 Å². The topological polar surface area (TPSA) is 39.9 Å². The van der Waals surface area contributed by atoms with Gasteiger partial charge in [-0.15, -0.1) is 15.0 Å². The minimum absolute atomic E-state index is 0.368. The van der Waals surface area contributed by atoms with Crippen molar-refractivity contribution in [1.82, 2.24) is 15.0 Å². The summed E-state index contributed by atoms with van der Waals surface area (Å²) in [6, 6.07) is 1.01. The van der Waals surface area contributed by atoms with Gasteiger partial charge in [0.1, 0.15) is 5.69 Å². The summed E-state index contributed by atoms with van der Waals surface area (Å²) in [6.07, 6.45) is -9.60. The van der Waals surface area contributed by atoms with Crippen LogP contribution in [0.4, 0.5) is 26.3 Å². The molecule has 0 unspecified atom stereocenters. The molecule has 1 heterocycles. The summed E-state index contributed by atoms with van der Waals surface area (Å²) in [6.45, 7) is 0. The van der Waals surface area contributed by atoms with Crippen LogP contribution in [-0.4, -0.2) is 22.1 Å². The van der Waals surface area contributed by atoms with Gasteiger partial charge in [0.2, 0.25) is 5.69 Å². The first kappa shape index (κ1) is 17.7. The molecule has 0 N–H and O–H groups in total. The Hall–Kier alpha value is -1.68. The van der Waals surface area contributed by atoms with E-state index in [2.05, 4.69) is 14.9 Å². The Bertz CT molecular complexity index is 717. The van der Waals surface area contributed by atoms with Crippen molar-refractivity contribution in [3.05, 3.63) is 33.4 Å². The highest BCUT2D eigenvalue weighted by atomic mass is 35.5. The van der Waals surface area contributed by atoms with Crippen LogP contribution in [-0.2, 0) is 12.4 Å². The molecular formula is C11H5Cl2F6N3O. The molecule has 0 saturated heterocycles. The van der Waals surface area contributed by atoms with E-state index in [0.29, 0.717) is 16.9 Å². The quantitative estimate of drug-likeness (QED) is 0.714. The molecule has 0 saturated carbocycles. The zero-order chi connectivity index (χ0) is 17.6. The third-order valence-electron chi connectivity index (χ3n) is 2.59. The molecule has 0 aliphatic carbocycles. The van der Waals surface area contributed by atoms with Crippen LogP contribution in [0.25, 0.3) is 5.69 Å². The number of rotatable bonds is 2. The maximum atomic E-state index is 12.8. The number of benzene rings is 1. The van der Waals surface area contributed by atoms with Crippen LogP contribution >= 0.6 is 23.2 Å². The molecule has 0 fully saturated rings. The maximum Gasteiger partial charge on any atom is 0.440 e. The van der Waals surface area contributed by atoms with Crippen molar-refractivity contribution in [1.29, 1.82) is 0 Å². The van der Waals surface area contributed by atoms with Crippen LogP contribution in [0.15, 0.2) is 12.1 Å². The Morgan fingerprint density at radius 1 is 0.957 bits per heavy atom. The molecule has 0 amide bonds. The highest BCUT2D eigenvalue weighted by Crippen LogP contribution is 2.39. The predicted octanol–water partition coefficient (Wildman–Crippen LogP) is 4.62. The number of hydrogen-bond donors (Lipinski definition) is 0. The van der Waals surface area contributed by atoms with Gasteiger partial charge in [0.25, 0.3) is 5.88 Å². The molecule has 4 nitrogen and oxygen atoms in total. The van der Waals surface area contributed by atoms with E-state index in [9.17, 15) is 26.3 Å². The van der Waals surface area contributed by atoms with Crippen LogP contribution in [0, 0.1) is 0 Å². The molecule has 2 aromatic rings. The Balaban J connectivity index is 2.62. The summed E-state index contributed by atoms with van der Waals surface area (Å²) in [4.78, 5) is 0.368. The third kappa shape index (κ3) is 3.47. The molecule has 12 heteroatoms. The van der Waals surface area contributed by atoms with Crippen molar-refractivity contribution in [2.75, 3.05) is 7.11 Å². The number of aromatic nitrogens is 3. The molecule has 126 valence electrons. The van der Waals surface area contributed by atoms with Crippen LogP contribution in [0.2, 0.25) is 10.0 Å². The molecule has 2 rings (SSSR count).